The van der Waals surface area contributed by atoms with Gasteiger partial charge in [0.25, 0.3) is 0 Å². The van der Waals surface area contributed by atoms with Crippen molar-refractivity contribution in [2.24, 2.45) is 5.92 Å². The summed E-state index contributed by atoms with van der Waals surface area (Å²) in [5.74, 6) is -0.105. The van der Waals surface area contributed by atoms with Gasteiger partial charge in [-0.05, 0) is 66.5 Å². The van der Waals surface area contributed by atoms with Gasteiger partial charge in [0, 0.05) is 0 Å². The quantitative estimate of drug-likeness (QED) is 0.875. The van der Waals surface area contributed by atoms with E-state index in [9.17, 15) is 9.50 Å². The number of hydrogen-bond acceptors (Lipinski definition) is 1. The molecule has 2 unspecified atom stereocenters. The fourth-order valence-electron chi connectivity index (χ4n) is 3.18. The second kappa shape index (κ2) is 5.37. The summed E-state index contributed by atoms with van der Waals surface area (Å²) < 4.78 is 13.4. The maximum Gasteiger partial charge on any atom is 0.123 e. The number of hydrogen-bond donors (Lipinski definition) is 1. The van der Waals surface area contributed by atoms with Crippen LogP contribution in [-0.2, 0) is 12.8 Å². The molecule has 0 amide bonds. The second-order valence-corrected chi connectivity index (χ2v) is 5.72. The third-order valence-corrected chi connectivity index (χ3v) is 4.39. The topological polar surface area (TPSA) is 20.2 Å². The van der Waals surface area contributed by atoms with Crippen molar-refractivity contribution in [1.29, 1.82) is 0 Å². The van der Waals surface area contributed by atoms with Crippen molar-refractivity contribution >= 4 is 0 Å². The molecule has 0 saturated carbocycles. The monoisotopic (exact) mass is 270 g/mol. The lowest BCUT2D eigenvalue weighted by molar-refractivity contribution is 0.0986. The van der Waals surface area contributed by atoms with Crippen molar-refractivity contribution in [3.8, 4) is 0 Å². The summed E-state index contributed by atoms with van der Waals surface area (Å²) in [6.45, 7) is 1.93. The summed E-state index contributed by atoms with van der Waals surface area (Å²) in [6.07, 6.45) is 2.23. The van der Waals surface area contributed by atoms with Crippen LogP contribution < -0.4 is 0 Å². The molecule has 2 aromatic rings. The van der Waals surface area contributed by atoms with Gasteiger partial charge in [-0.2, -0.15) is 0 Å². The first-order chi connectivity index (χ1) is 9.65. The first-order valence-corrected chi connectivity index (χ1v) is 7.16. The molecule has 0 saturated heterocycles. The molecule has 104 valence electrons. The van der Waals surface area contributed by atoms with Gasteiger partial charge in [-0.25, -0.2) is 4.39 Å². The molecule has 1 N–H and O–H groups in total. The van der Waals surface area contributed by atoms with E-state index in [2.05, 4.69) is 18.2 Å². The summed E-state index contributed by atoms with van der Waals surface area (Å²) >= 11 is 0. The molecule has 3 rings (SSSR count). The molecule has 0 spiro atoms. The molecule has 2 heteroatoms. The number of benzene rings is 2. The minimum Gasteiger partial charge on any atom is -0.388 e. The van der Waals surface area contributed by atoms with Gasteiger partial charge in [0.1, 0.15) is 5.82 Å². The molecular weight excluding hydrogens is 251 g/mol. The van der Waals surface area contributed by atoms with Crippen molar-refractivity contribution in [2.45, 2.75) is 32.3 Å². The number of aliphatic hydroxyl groups excluding tert-OH is 1. The lowest BCUT2D eigenvalue weighted by atomic mass is 9.78. The molecule has 1 nitrogen and oxygen atoms in total. The van der Waals surface area contributed by atoms with Crippen molar-refractivity contribution in [3.05, 3.63) is 70.5 Å². The molecule has 0 aliphatic heterocycles. The minimum atomic E-state index is -0.584. The molecule has 0 fully saturated rings. The fraction of sp³-hybridized carbons (Fsp3) is 0.333. The van der Waals surface area contributed by atoms with Gasteiger partial charge >= 0.3 is 0 Å². The van der Waals surface area contributed by atoms with Gasteiger partial charge < -0.3 is 5.11 Å². The van der Waals surface area contributed by atoms with E-state index in [0.717, 1.165) is 30.4 Å². The Morgan fingerprint density at radius 1 is 1.15 bits per heavy atom. The average molecular weight is 270 g/mol. The zero-order valence-electron chi connectivity index (χ0n) is 11.6. The van der Waals surface area contributed by atoms with E-state index >= 15 is 0 Å². The van der Waals surface area contributed by atoms with Crippen LogP contribution in [0, 0.1) is 18.7 Å². The minimum absolute atomic E-state index is 0.172. The SMILES string of the molecule is Cc1ccc(F)cc1C(O)C1CCc2ccccc2C1. The average Bonchev–Trinajstić information content (AvgIpc) is 2.48. The smallest absolute Gasteiger partial charge is 0.123 e. The van der Waals surface area contributed by atoms with E-state index in [1.165, 1.54) is 23.3 Å². The van der Waals surface area contributed by atoms with Crippen LogP contribution in [0.5, 0.6) is 0 Å². The molecule has 0 radical (unpaired) electrons. The van der Waals surface area contributed by atoms with Gasteiger partial charge in [0.05, 0.1) is 6.10 Å². The number of halogens is 1. The van der Waals surface area contributed by atoms with Crippen LogP contribution in [0.3, 0.4) is 0 Å². The standard InChI is InChI=1S/C18H19FO/c1-12-6-9-16(19)11-17(12)18(20)15-8-7-13-4-2-3-5-14(13)10-15/h2-6,9,11,15,18,20H,7-8,10H2,1H3. The van der Waals surface area contributed by atoms with E-state index < -0.39 is 6.10 Å². The highest BCUT2D eigenvalue weighted by Gasteiger charge is 2.26. The highest BCUT2D eigenvalue weighted by molar-refractivity contribution is 5.33. The predicted octanol–water partition coefficient (Wildman–Crippen LogP) is 3.97. The largest absolute Gasteiger partial charge is 0.388 e. The van der Waals surface area contributed by atoms with Crippen LogP contribution in [-0.4, -0.2) is 5.11 Å². The van der Waals surface area contributed by atoms with Crippen molar-refractivity contribution in [3.63, 3.8) is 0 Å². The zero-order chi connectivity index (χ0) is 14.1. The lowest BCUT2D eigenvalue weighted by Crippen LogP contribution is -2.21. The van der Waals surface area contributed by atoms with E-state index in [1.807, 2.05) is 13.0 Å². The van der Waals surface area contributed by atoms with Gasteiger partial charge in [-0.3, -0.25) is 0 Å². The van der Waals surface area contributed by atoms with E-state index in [0.29, 0.717) is 0 Å². The Labute approximate surface area is 119 Å². The summed E-state index contributed by atoms with van der Waals surface area (Å²) in [7, 11) is 0. The highest BCUT2D eigenvalue weighted by Crippen LogP contribution is 2.35. The Morgan fingerprint density at radius 3 is 2.70 bits per heavy atom. The number of rotatable bonds is 2. The third kappa shape index (κ3) is 2.48. The van der Waals surface area contributed by atoms with E-state index in [1.54, 1.807) is 6.07 Å². The van der Waals surface area contributed by atoms with Crippen molar-refractivity contribution < 1.29 is 9.50 Å². The van der Waals surface area contributed by atoms with Crippen LogP contribution in [0.4, 0.5) is 4.39 Å². The molecule has 0 bridgehead atoms. The molecule has 1 aliphatic rings. The van der Waals surface area contributed by atoms with Gasteiger partial charge in [-0.1, -0.05) is 30.3 Å². The van der Waals surface area contributed by atoms with E-state index in [-0.39, 0.29) is 11.7 Å². The van der Waals surface area contributed by atoms with Gasteiger partial charge in [-0.15, -0.1) is 0 Å². The highest BCUT2D eigenvalue weighted by atomic mass is 19.1. The Bertz CT molecular complexity index is 621. The molecule has 1 aliphatic carbocycles. The Balaban J connectivity index is 1.85. The van der Waals surface area contributed by atoms with Crippen LogP contribution in [0.1, 0.15) is 34.8 Å². The lowest BCUT2D eigenvalue weighted by Gasteiger charge is -2.29. The number of fused-ring (bicyclic) bond motifs is 1. The zero-order valence-corrected chi connectivity index (χ0v) is 11.6. The molecule has 2 aromatic carbocycles. The molecular formula is C18H19FO. The summed E-state index contributed by atoms with van der Waals surface area (Å²) in [6, 6.07) is 13.1. The Kier molecular flexibility index (Phi) is 3.58. The maximum atomic E-state index is 13.4. The first kappa shape index (κ1) is 13.3. The Hall–Kier alpha value is -1.67. The van der Waals surface area contributed by atoms with Gasteiger partial charge in [0.15, 0.2) is 0 Å². The normalized spacial score (nSPS) is 19.4. The van der Waals surface area contributed by atoms with Crippen molar-refractivity contribution in [2.75, 3.05) is 0 Å². The Morgan fingerprint density at radius 2 is 1.90 bits per heavy atom. The third-order valence-electron chi connectivity index (χ3n) is 4.39. The van der Waals surface area contributed by atoms with Crippen LogP contribution >= 0.6 is 0 Å². The van der Waals surface area contributed by atoms with Crippen LogP contribution in [0.2, 0.25) is 0 Å². The molecule has 0 heterocycles. The van der Waals surface area contributed by atoms with Gasteiger partial charge in [0.2, 0.25) is 0 Å². The van der Waals surface area contributed by atoms with Crippen LogP contribution in [0.25, 0.3) is 0 Å². The summed E-state index contributed by atoms with van der Waals surface area (Å²) in [5, 5.41) is 10.6. The predicted molar refractivity (Wildman–Crippen MR) is 78.1 cm³/mol. The second-order valence-electron chi connectivity index (χ2n) is 5.72. The first-order valence-electron chi connectivity index (χ1n) is 7.16. The number of aliphatic hydroxyl groups is 1. The molecule has 2 atom stereocenters. The van der Waals surface area contributed by atoms with Crippen LogP contribution in [0.15, 0.2) is 42.5 Å². The van der Waals surface area contributed by atoms with Crippen molar-refractivity contribution in [1.82, 2.24) is 0 Å². The summed E-state index contributed by atoms with van der Waals surface area (Å²) in [5.41, 5.74) is 4.39. The molecule has 20 heavy (non-hydrogen) atoms. The summed E-state index contributed by atoms with van der Waals surface area (Å²) in [4.78, 5) is 0. The molecule has 0 aromatic heterocycles. The number of aryl methyl sites for hydroxylation is 2. The fourth-order valence-corrected chi connectivity index (χ4v) is 3.18. The van der Waals surface area contributed by atoms with E-state index in [4.69, 9.17) is 0 Å². The maximum absolute atomic E-state index is 13.4.